The van der Waals surface area contributed by atoms with Crippen LogP contribution in [-0.2, 0) is 27.2 Å². The fourth-order valence-corrected chi connectivity index (χ4v) is 6.92. The second kappa shape index (κ2) is 6.49. The predicted molar refractivity (Wildman–Crippen MR) is 113 cm³/mol. The first kappa shape index (κ1) is 18.3. The lowest BCUT2D eigenvalue weighted by atomic mass is 9.81. The largest absolute Gasteiger partial charge is 0.373 e. The van der Waals surface area contributed by atoms with Gasteiger partial charge in [0, 0.05) is 10.6 Å². The number of rotatable bonds is 3. The van der Waals surface area contributed by atoms with Crippen LogP contribution < -0.4 is 10.2 Å². The number of hydrogen-bond acceptors (Lipinski definition) is 5. The lowest BCUT2D eigenvalue weighted by Gasteiger charge is -2.18. The Morgan fingerprint density at radius 1 is 1.07 bits per heavy atom. The molecule has 2 bridgehead atoms. The molecule has 0 saturated carbocycles. The highest BCUT2D eigenvalue weighted by Crippen LogP contribution is 2.52. The molecule has 1 aliphatic carbocycles. The minimum Gasteiger partial charge on any atom is -0.373 e. The Balaban J connectivity index is 1.39. The molecule has 6 rings (SSSR count). The third-order valence-electron chi connectivity index (χ3n) is 6.93. The molecular weight excluding hydrogens is 400 g/mol. The molecule has 2 aromatic rings. The van der Waals surface area contributed by atoms with Gasteiger partial charge < -0.3 is 10.1 Å². The molecule has 4 heterocycles. The fraction of sp³-hybridized carbons (Fsp3) is 0.435. The van der Waals surface area contributed by atoms with E-state index in [9.17, 15) is 14.4 Å². The van der Waals surface area contributed by atoms with Crippen LogP contribution in [0.1, 0.15) is 45.6 Å². The summed E-state index contributed by atoms with van der Waals surface area (Å²) in [5, 5.41) is 3.48. The van der Waals surface area contributed by atoms with Crippen molar-refractivity contribution in [3.63, 3.8) is 0 Å². The summed E-state index contributed by atoms with van der Waals surface area (Å²) >= 11 is 1.44. The van der Waals surface area contributed by atoms with Gasteiger partial charge in [0.1, 0.15) is 5.00 Å². The number of nitrogens with zero attached hydrogens (tertiary/aromatic N) is 1. The second-order valence-corrected chi connectivity index (χ2v) is 9.80. The highest BCUT2D eigenvalue weighted by molar-refractivity contribution is 7.17. The molecule has 3 saturated heterocycles. The van der Waals surface area contributed by atoms with Crippen LogP contribution in [-0.4, -0.2) is 29.9 Å². The fourth-order valence-electron chi connectivity index (χ4n) is 5.52. The summed E-state index contributed by atoms with van der Waals surface area (Å²) < 4.78 is 5.85. The normalized spacial score (nSPS) is 28.9. The lowest BCUT2D eigenvalue weighted by Crippen LogP contribution is -2.35. The van der Waals surface area contributed by atoms with Gasteiger partial charge in [-0.2, -0.15) is 0 Å². The number of ether oxygens (including phenoxy) is 1. The van der Waals surface area contributed by atoms with E-state index in [1.54, 1.807) is 0 Å². The van der Waals surface area contributed by atoms with E-state index < -0.39 is 0 Å². The molecule has 6 nitrogen and oxygen atoms in total. The number of hydrogen-bond donors (Lipinski definition) is 1. The Labute approximate surface area is 178 Å². The molecule has 0 unspecified atom stereocenters. The average Bonchev–Trinajstić information content (AvgIpc) is 3.50. The number of amides is 3. The predicted octanol–water partition coefficient (Wildman–Crippen LogP) is 3.46. The summed E-state index contributed by atoms with van der Waals surface area (Å²) in [5.74, 6) is -1.41. The van der Waals surface area contributed by atoms with Crippen LogP contribution in [0, 0.1) is 18.8 Å². The van der Waals surface area contributed by atoms with Gasteiger partial charge in [0.15, 0.2) is 0 Å². The van der Waals surface area contributed by atoms with Crippen molar-refractivity contribution in [2.75, 3.05) is 10.2 Å². The van der Waals surface area contributed by atoms with Crippen molar-refractivity contribution in [1.82, 2.24) is 0 Å². The maximum absolute atomic E-state index is 13.3. The van der Waals surface area contributed by atoms with E-state index >= 15 is 0 Å². The Bertz CT molecular complexity index is 1060. The smallest absolute Gasteiger partial charge is 0.258 e. The van der Waals surface area contributed by atoms with Crippen LogP contribution in [0.25, 0.3) is 0 Å². The zero-order valence-corrected chi connectivity index (χ0v) is 17.5. The van der Waals surface area contributed by atoms with E-state index in [-0.39, 0.29) is 41.8 Å². The Hall–Kier alpha value is -2.51. The van der Waals surface area contributed by atoms with Crippen LogP contribution in [0.15, 0.2) is 24.3 Å². The van der Waals surface area contributed by atoms with Crippen LogP contribution in [0.5, 0.6) is 0 Å². The highest BCUT2D eigenvalue weighted by Gasteiger charge is 2.63. The van der Waals surface area contributed by atoms with E-state index in [1.165, 1.54) is 16.2 Å². The number of carbonyl (C=O) groups is 3. The lowest BCUT2D eigenvalue weighted by molar-refractivity contribution is -0.124. The molecular formula is C23H22N2O4S. The van der Waals surface area contributed by atoms with Gasteiger partial charge in [0.05, 0.1) is 29.6 Å². The Morgan fingerprint density at radius 3 is 2.40 bits per heavy atom. The van der Waals surface area contributed by atoms with Crippen LogP contribution in [0.4, 0.5) is 10.7 Å². The summed E-state index contributed by atoms with van der Waals surface area (Å²) in [7, 11) is 0. The minimum atomic E-state index is -0.388. The van der Waals surface area contributed by atoms with Crippen LogP contribution >= 0.6 is 11.3 Å². The molecule has 154 valence electrons. The van der Waals surface area contributed by atoms with Crippen molar-refractivity contribution in [1.29, 1.82) is 0 Å². The Kier molecular flexibility index (Phi) is 3.95. The monoisotopic (exact) mass is 422 g/mol. The van der Waals surface area contributed by atoms with Gasteiger partial charge in [-0.15, -0.1) is 11.3 Å². The van der Waals surface area contributed by atoms with Crippen molar-refractivity contribution >= 4 is 39.7 Å². The Morgan fingerprint density at radius 2 is 1.73 bits per heavy atom. The molecule has 30 heavy (non-hydrogen) atoms. The molecule has 4 atom stereocenters. The third-order valence-corrected chi connectivity index (χ3v) is 8.20. The van der Waals surface area contributed by atoms with Gasteiger partial charge in [0.2, 0.25) is 11.8 Å². The average molecular weight is 423 g/mol. The van der Waals surface area contributed by atoms with Crippen LogP contribution in [0.3, 0.4) is 0 Å². The summed E-state index contributed by atoms with van der Waals surface area (Å²) in [6.07, 6.45) is 4.05. The number of anilines is 2. The van der Waals surface area contributed by atoms with E-state index in [4.69, 9.17) is 4.74 Å². The maximum atomic E-state index is 13.3. The second-order valence-electron chi connectivity index (χ2n) is 8.71. The van der Waals surface area contributed by atoms with E-state index in [2.05, 4.69) is 5.32 Å². The molecule has 4 aliphatic rings. The molecule has 0 spiro atoms. The minimum absolute atomic E-state index is 0.155. The van der Waals surface area contributed by atoms with E-state index in [0.717, 1.165) is 48.1 Å². The first-order valence-electron chi connectivity index (χ1n) is 10.6. The molecule has 3 fully saturated rings. The number of fused-ring (bicyclic) bond motifs is 6. The number of thiophene rings is 1. The summed E-state index contributed by atoms with van der Waals surface area (Å²) in [6.45, 7) is 1.99. The molecule has 3 aliphatic heterocycles. The zero-order valence-electron chi connectivity index (χ0n) is 16.6. The van der Waals surface area contributed by atoms with Crippen molar-refractivity contribution in [3.05, 3.63) is 45.8 Å². The summed E-state index contributed by atoms with van der Waals surface area (Å²) in [4.78, 5) is 42.3. The molecule has 1 aromatic carbocycles. The third kappa shape index (κ3) is 2.48. The molecule has 7 heteroatoms. The standard InChI is InChI=1S/C23H22N2O4S/c1-11-5-7-12(8-6-11)24-20(26)17-13-3-2-4-16(13)30-23(17)25-21(27)18-14-9-10-15(29-14)19(18)22(25)28/h5-8,14-15,18-19H,2-4,9-10H2,1H3,(H,24,26)/t14-,15+,18-,19+. The van der Waals surface area contributed by atoms with Crippen molar-refractivity contribution in [2.45, 2.75) is 51.2 Å². The maximum Gasteiger partial charge on any atom is 0.258 e. The topological polar surface area (TPSA) is 75.7 Å². The molecule has 3 amide bonds. The highest BCUT2D eigenvalue weighted by atomic mass is 32.1. The molecule has 1 N–H and O–H groups in total. The van der Waals surface area contributed by atoms with Crippen molar-refractivity contribution < 1.29 is 19.1 Å². The van der Waals surface area contributed by atoms with Gasteiger partial charge in [0.25, 0.3) is 5.91 Å². The molecule has 0 radical (unpaired) electrons. The number of carbonyl (C=O) groups excluding carboxylic acids is 3. The number of benzene rings is 1. The number of nitrogens with one attached hydrogen (secondary N) is 1. The van der Waals surface area contributed by atoms with Gasteiger partial charge in [-0.3, -0.25) is 14.4 Å². The molecule has 1 aromatic heterocycles. The number of aryl methyl sites for hydroxylation is 2. The zero-order chi connectivity index (χ0) is 20.6. The van der Waals surface area contributed by atoms with Gasteiger partial charge in [-0.1, -0.05) is 17.7 Å². The van der Waals surface area contributed by atoms with E-state index in [0.29, 0.717) is 16.3 Å². The first-order chi connectivity index (χ1) is 14.5. The number of imide groups is 1. The van der Waals surface area contributed by atoms with Crippen LogP contribution in [0.2, 0.25) is 0 Å². The summed E-state index contributed by atoms with van der Waals surface area (Å²) in [5.41, 5.74) is 3.32. The van der Waals surface area contributed by atoms with Crippen molar-refractivity contribution in [3.8, 4) is 0 Å². The SMILES string of the molecule is Cc1ccc(NC(=O)c2c(N3C(=O)[C@@H]4[C@H](C3=O)[C@H]3CC[C@@H]4O3)sc3c2CCC3)cc1. The van der Waals surface area contributed by atoms with Crippen molar-refractivity contribution in [2.24, 2.45) is 11.8 Å². The quantitative estimate of drug-likeness (QED) is 0.769. The summed E-state index contributed by atoms with van der Waals surface area (Å²) in [6, 6.07) is 7.62. The van der Waals surface area contributed by atoms with E-state index in [1.807, 2.05) is 31.2 Å². The van der Waals surface area contributed by atoms with Gasteiger partial charge in [-0.25, -0.2) is 4.90 Å². The van der Waals surface area contributed by atoms with Gasteiger partial charge >= 0.3 is 0 Å². The first-order valence-corrected chi connectivity index (χ1v) is 11.4. The van der Waals surface area contributed by atoms with Gasteiger partial charge in [-0.05, 0) is 56.7 Å².